The normalized spacial score (nSPS) is 28.6. The Morgan fingerprint density at radius 3 is 2.78 bits per heavy atom. The van der Waals surface area contributed by atoms with Gasteiger partial charge in [-0.2, -0.15) is 0 Å². The maximum Gasteiger partial charge on any atom is 0.255 e. The van der Waals surface area contributed by atoms with Crippen molar-refractivity contribution in [3.8, 4) is 0 Å². The molecule has 1 aromatic rings. The zero-order chi connectivity index (χ0) is 19.1. The SMILES string of the molecule is CO[C@@H]1CN(Cc2ccc3c(c2)C(=O)N(C2CCC(=O)NC2=O)C3)C[C@H]1N. The van der Waals surface area contributed by atoms with Crippen molar-refractivity contribution in [2.24, 2.45) is 5.73 Å². The summed E-state index contributed by atoms with van der Waals surface area (Å²) in [5.74, 6) is -0.806. The fraction of sp³-hybridized carbons (Fsp3) is 0.526. The van der Waals surface area contributed by atoms with Crippen LogP contribution >= 0.6 is 0 Å². The lowest BCUT2D eigenvalue weighted by Crippen LogP contribution is -2.52. The molecule has 8 nitrogen and oxygen atoms in total. The number of nitrogens with two attached hydrogens (primary N) is 1. The third-order valence-electron chi connectivity index (χ3n) is 5.69. The first-order valence-electron chi connectivity index (χ1n) is 9.23. The van der Waals surface area contributed by atoms with Crippen LogP contribution in [-0.4, -0.2) is 65.9 Å². The van der Waals surface area contributed by atoms with E-state index in [4.69, 9.17) is 10.5 Å². The van der Waals surface area contributed by atoms with Gasteiger partial charge in [0.05, 0.1) is 6.10 Å². The Hall–Kier alpha value is -2.29. The van der Waals surface area contributed by atoms with Crippen molar-refractivity contribution in [2.45, 2.75) is 44.1 Å². The Kier molecular flexibility index (Phi) is 4.71. The summed E-state index contributed by atoms with van der Waals surface area (Å²) in [5, 5.41) is 2.32. The number of rotatable bonds is 4. The summed E-state index contributed by atoms with van der Waals surface area (Å²) in [6.07, 6.45) is 0.669. The Balaban J connectivity index is 1.47. The van der Waals surface area contributed by atoms with E-state index in [1.807, 2.05) is 18.2 Å². The Morgan fingerprint density at radius 2 is 2.07 bits per heavy atom. The highest BCUT2D eigenvalue weighted by molar-refractivity contribution is 6.05. The van der Waals surface area contributed by atoms with Gasteiger partial charge in [-0.15, -0.1) is 0 Å². The molecule has 8 heteroatoms. The molecule has 0 saturated carbocycles. The van der Waals surface area contributed by atoms with Gasteiger partial charge in [0.1, 0.15) is 6.04 Å². The molecule has 3 heterocycles. The lowest BCUT2D eigenvalue weighted by molar-refractivity contribution is -0.136. The van der Waals surface area contributed by atoms with E-state index in [1.165, 1.54) is 0 Å². The second-order valence-corrected chi connectivity index (χ2v) is 7.52. The minimum absolute atomic E-state index is 0.00549. The van der Waals surface area contributed by atoms with E-state index in [0.29, 0.717) is 25.1 Å². The molecule has 0 radical (unpaired) electrons. The summed E-state index contributed by atoms with van der Waals surface area (Å²) < 4.78 is 5.39. The fourth-order valence-corrected chi connectivity index (χ4v) is 4.22. The highest BCUT2D eigenvalue weighted by Gasteiger charge is 2.39. The van der Waals surface area contributed by atoms with E-state index in [9.17, 15) is 14.4 Å². The summed E-state index contributed by atoms with van der Waals surface area (Å²) >= 11 is 0. The van der Waals surface area contributed by atoms with Gasteiger partial charge < -0.3 is 15.4 Å². The molecule has 144 valence electrons. The van der Waals surface area contributed by atoms with Crippen LogP contribution < -0.4 is 11.1 Å². The van der Waals surface area contributed by atoms with E-state index < -0.39 is 6.04 Å². The molecule has 3 aliphatic rings. The molecule has 0 spiro atoms. The standard InChI is InChI=1S/C19H24N4O4/c1-27-16-10-22(9-14(16)20)7-11-2-3-12-8-23(19(26)13(12)6-11)15-4-5-17(24)21-18(15)25/h2-3,6,14-16H,4-5,7-10,20H2,1H3,(H,21,24,25)/t14-,15?,16-/m1/s1. The number of carbonyl (C=O) groups excluding carboxylic acids is 3. The quantitative estimate of drug-likeness (QED) is 0.697. The monoisotopic (exact) mass is 372 g/mol. The summed E-state index contributed by atoms with van der Waals surface area (Å²) in [6.45, 7) is 2.63. The van der Waals surface area contributed by atoms with Crippen molar-refractivity contribution >= 4 is 17.7 Å². The van der Waals surface area contributed by atoms with Gasteiger partial charge in [0.15, 0.2) is 0 Å². The fourth-order valence-electron chi connectivity index (χ4n) is 4.22. The summed E-state index contributed by atoms with van der Waals surface area (Å²) in [7, 11) is 1.67. The van der Waals surface area contributed by atoms with Crippen molar-refractivity contribution < 1.29 is 19.1 Å². The van der Waals surface area contributed by atoms with Crippen molar-refractivity contribution in [3.63, 3.8) is 0 Å². The van der Waals surface area contributed by atoms with Gasteiger partial charge in [0, 0.05) is 51.3 Å². The van der Waals surface area contributed by atoms with Crippen LogP contribution in [0.5, 0.6) is 0 Å². The van der Waals surface area contributed by atoms with Gasteiger partial charge in [-0.25, -0.2) is 0 Å². The third-order valence-corrected chi connectivity index (χ3v) is 5.69. The number of carbonyl (C=O) groups is 3. The number of hydrogen-bond donors (Lipinski definition) is 2. The largest absolute Gasteiger partial charge is 0.378 e. The second-order valence-electron chi connectivity index (χ2n) is 7.52. The van der Waals surface area contributed by atoms with E-state index in [2.05, 4.69) is 10.2 Å². The molecule has 0 aromatic heterocycles. The van der Waals surface area contributed by atoms with Crippen LogP contribution in [0.4, 0.5) is 0 Å². The lowest BCUT2D eigenvalue weighted by atomic mass is 10.0. The molecule has 0 bridgehead atoms. The van der Waals surface area contributed by atoms with Crippen LogP contribution in [0.15, 0.2) is 18.2 Å². The van der Waals surface area contributed by atoms with Crippen molar-refractivity contribution in [2.75, 3.05) is 20.2 Å². The smallest absolute Gasteiger partial charge is 0.255 e. The third kappa shape index (κ3) is 3.36. The molecule has 3 atom stereocenters. The lowest BCUT2D eigenvalue weighted by Gasteiger charge is -2.29. The Labute approximate surface area is 157 Å². The zero-order valence-electron chi connectivity index (χ0n) is 15.3. The highest BCUT2D eigenvalue weighted by Crippen LogP contribution is 2.28. The molecule has 1 unspecified atom stereocenters. The van der Waals surface area contributed by atoms with E-state index in [-0.39, 0.29) is 36.3 Å². The van der Waals surface area contributed by atoms with Crippen LogP contribution in [0, 0.1) is 0 Å². The maximum absolute atomic E-state index is 12.9. The summed E-state index contributed by atoms with van der Waals surface area (Å²) in [4.78, 5) is 40.1. The number of hydrogen-bond acceptors (Lipinski definition) is 6. The van der Waals surface area contributed by atoms with E-state index >= 15 is 0 Å². The number of imide groups is 1. The van der Waals surface area contributed by atoms with Gasteiger partial charge >= 0.3 is 0 Å². The number of likely N-dealkylation sites (tertiary alicyclic amines) is 1. The number of nitrogens with one attached hydrogen (secondary N) is 1. The van der Waals surface area contributed by atoms with Crippen molar-refractivity contribution in [1.82, 2.24) is 15.1 Å². The predicted molar refractivity (Wildman–Crippen MR) is 96.5 cm³/mol. The van der Waals surface area contributed by atoms with Crippen LogP contribution in [0.1, 0.15) is 34.3 Å². The molecule has 4 rings (SSSR count). The Morgan fingerprint density at radius 1 is 1.26 bits per heavy atom. The van der Waals surface area contributed by atoms with Crippen molar-refractivity contribution in [1.29, 1.82) is 0 Å². The molecule has 3 amide bonds. The number of piperidine rings is 1. The van der Waals surface area contributed by atoms with Crippen LogP contribution in [0.2, 0.25) is 0 Å². The minimum atomic E-state index is -0.579. The average molecular weight is 372 g/mol. The zero-order valence-corrected chi connectivity index (χ0v) is 15.3. The molecule has 3 N–H and O–H groups in total. The van der Waals surface area contributed by atoms with Gasteiger partial charge in [-0.1, -0.05) is 12.1 Å². The van der Waals surface area contributed by atoms with E-state index in [1.54, 1.807) is 12.0 Å². The molecule has 27 heavy (non-hydrogen) atoms. The molecule has 1 aromatic carbocycles. The number of amides is 3. The van der Waals surface area contributed by atoms with Gasteiger partial charge in [-0.3, -0.25) is 24.6 Å². The molecule has 0 aliphatic carbocycles. The first kappa shape index (κ1) is 18.1. The van der Waals surface area contributed by atoms with E-state index in [0.717, 1.165) is 24.2 Å². The topological polar surface area (TPSA) is 105 Å². The maximum atomic E-state index is 12.9. The number of benzene rings is 1. The van der Waals surface area contributed by atoms with Gasteiger partial charge in [0.2, 0.25) is 11.8 Å². The molecule has 2 saturated heterocycles. The summed E-state index contributed by atoms with van der Waals surface area (Å²) in [5.41, 5.74) is 8.68. The first-order valence-corrected chi connectivity index (χ1v) is 9.23. The molecule has 3 aliphatic heterocycles. The van der Waals surface area contributed by atoms with Crippen LogP contribution in [-0.2, 0) is 27.4 Å². The second kappa shape index (κ2) is 7.03. The average Bonchev–Trinajstić information content (AvgIpc) is 3.15. The molecular weight excluding hydrogens is 348 g/mol. The number of ether oxygens (including phenoxy) is 1. The number of nitrogens with zero attached hydrogens (tertiary/aromatic N) is 2. The van der Waals surface area contributed by atoms with Crippen LogP contribution in [0.25, 0.3) is 0 Å². The molecule has 2 fully saturated rings. The molecular formula is C19H24N4O4. The first-order chi connectivity index (χ1) is 13.0. The van der Waals surface area contributed by atoms with Crippen molar-refractivity contribution in [3.05, 3.63) is 34.9 Å². The summed E-state index contributed by atoms with van der Waals surface area (Å²) in [6, 6.07) is 5.30. The van der Waals surface area contributed by atoms with Crippen LogP contribution in [0.3, 0.4) is 0 Å². The Bertz CT molecular complexity index is 796. The number of methoxy groups -OCH3 is 1. The highest BCUT2D eigenvalue weighted by atomic mass is 16.5. The minimum Gasteiger partial charge on any atom is -0.378 e. The predicted octanol–water partition coefficient (Wildman–Crippen LogP) is -0.394. The number of fused-ring (bicyclic) bond motifs is 1. The van der Waals surface area contributed by atoms with Gasteiger partial charge in [-0.05, 0) is 23.6 Å². The van der Waals surface area contributed by atoms with Gasteiger partial charge in [0.25, 0.3) is 5.91 Å².